The van der Waals surface area contributed by atoms with E-state index in [2.05, 4.69) is 15.1 Å². The van der Waals surface area contributed by atoms with Gasteiger partial charge in [0.15, 0.2) is 0 Å². The Balaban J connectivity index is 1.84. The number of rotatable bonds is 6. The Hall–Kier alpha value is -1.72. The van der Waals surface area contributed by atoms with Crippen molar-refractivity contribution in [2.45, 2.75) is 25.4 Å². The number of H-pyrrole nitrogens is 1. The maximum Gasteiger partial charge on any atom is 0.132 e. The first-order valence-corrected chi connectivity index (χ1v) is 6.91. The number of aliphatic hydroxyl groups excluding tert-OH is 1. The van der Waals surface area contributed by atoms with E-state index in [0.717, 1.165) is 11.3 Å². The average Bonchev–Trinajstić information content (AvgIpc) is 3.20. The second-order valence-corrected chi connectivity index (χ2v) is 5.18. The predicted molar refractivity (Wildman–Crippen MR) is 74.5 cm³/mol. The van der Waals surface area contributed by atoms with Gasteiger partial charge < -0.3 is 5.11 Å². The fraction of sp³-hybridized carbons (Fsp3) is 0.400. The summed E-state index contributed by atoms with van der Waals surface area (Å²) in [6, 6.07) is 7.24. The van der Waals surface area contributed by atoms with Crippen LogP contribution in [-0.4, -0.2) is 39.4 Å². The molecule has 20 heavy (non-hydrogen) atoms. The van der Waals surface area contributed by atoms with Crippen LogP contribution in [0.1, 0.15) is 18.4 Å². The minimum absolute atomic E-state index is 0.142. The van der Waals surface area contributed by atoms with E-state index in [1.54, 1.807) is 18.3 Å². The lowest BCUT2D eigenvalue weighted by atomic mass is 10.1. The van der Waals surface area contributed by atoms with E-state index in [9.17, 15) is 4.39 Å². The lowest BCUT2D eigenvalue weighted by Crippen LogP contribution is -2.28. The molecule has 1 fully saturated rings. The van der Waals surface area contributed by atoms with Crippen LogP contribution in [0, 0.1) is 5.82 Å². The summed E-state index contributed by atoms with van der Waals surface area (Å²) in [5, 5.41) is 16.1. The maximum absolute atomic E-state index is 13.9. The Morgan fingerprint density at radius 3 is 2.85 bits per heavy atom. The summed E-state index contributed by atoms with van der Waals surface area (Å²) in [5.74, 6) is -0.252. The van der Waals surface area contributed by atoms with Crippen LogP contribution in [0.2, 0.25) is 0 Å². The SMILES string of the molecule is OCCN(Cc1cn[nH]c1-c1ccccc1F)C1CC1. The molecule has 0 bridgehead atoms. The Labute approximate surface area is 117 Å². The zero-order valence-corrected chi connectivity index (χ0v) is 11.2. The van der Waals surface area contributed by atoms with Gasteiger partial charge in [0.05, 0.1) is 18.5 Å². The average molecular weight is 275 g/mol. The number of hydrogen-bond donors (Lipinski definition) is 2. The fourth-order valence-corrected chi connectivity index (χ4v) is 2.51. The summed E-state index contributed by atoms with van der Waals surface area (Å²) in [7, 11) is 0. The number of nitrogens with zero attached hydrogens (tertiary/aromatic N) is 2. The van der Waals surface area contributed by atoms with Crippen LogP contribution >= 0.6 is 0 Å². The van der Waals surface area contributed by atoms with Crippen molar-refractivity contribution in [3.63, 3.8) is 0 Å². The first-order valence-electron chi connectivity index (χ1n) is 6.91. The number of halogens is 1. The molecule has 1 aromatic carbocycles. The Morgan fingerprint density at radius 2 is 2.15 bits per heavy atom. The highest BCUT2D eigenvalue weighted by atomic mass is 19.1. The molecular formula is C15H18FN3O. The number of aromatic amines is 1. The van der Waals surface area contributed by atoms with Gasteiger partial charge in [-0.3, -0.25) is 10.00 Å². The predicted octanol–water partition coefficient (Wildman–Crippen LogP) is 2.17. The molecule has 4 nitrogen and oxygen atoms in total. The largest absolute Gasteiger partial charge is 0.395 e. The molecule has 0 saturated heterocycles. The zero-order chi connectivity index (χ0) is 13.9. The van der Waals surface area contributed by atoms with Crippen LogP contribution in [0.5, 0.6) is 0 Å². The third kappa shape index (κ3) is 2.73. The first kappa shape index (κ1) is 13.3. The van der Waals surface area contributed by atoms with E-state index in [-0.39, 0.29) is 12.4 Å². The van der Waals surface area contributed by atoms with Gasteiger partial charge in [-0.25, -0.2) is 4.39 Å². The van der Waals surface area contributed by atoms with Crippen molar-refractivity contribution in [1.29, 1.82) is 0 Å². The maximum atomic E-state index is 13.9. The number of benzene rings is 1. The van der Waals surface area contributed by atoms with Gasteiger partial charge in [-0.15, -0.1) is 0 Å². The van der Waals surface area contributed by atoms with Crippen molar-refractivity contribution in [1.82, 2.24) is 15.1 Å². The molecule has 0 spiro atoms. The second kappa shape index (κ2) is 5.73. The number of aromatic nitrogens is 2. The Kier molecular flexibility index (Phi) is 3.80. The number of nitrogens with one attached hydrogen (secondary N) is 1. The quantitative estimate of drug-likeness (QED) is 0.849. The number of hydrogen-bond acceptors (Lipinski definition) is 3. The van der Waals surface area contributed by atoms with Gasteiger partial charge in [0.2, 0.25) is 0 Å². The molecule has 1 aliphatic carbocycles. The van der Waals surface area contributed by atoms with E-state index in [1.165, 1.54) is 18.9 Å². The lowest BCUT2D eigenvalue weighted by molar-refractivity contribution is 0.183. The van der Waals surface area contributed by atoms with Crippen molar-refractivity contribution in [2.75, 3.05) is 13.2 Å². The lowest BCUT2D eigenvalue weighted by Gasteiger charge is -2.20. The van der Waals surface area contributed by atoms with Gasteiger partial charge in [0.25, 0.3) is 0 Å². The van der Waals surface area contributed by atoms with E-state index >= 15 is 0 Å². The molecule has 2 N–H and O–H groups in total. The van der Waals surface area contributed by atoms with Gasteiger partial charge >= 0.3 is 0 Å². The van der Waals surface area contributed by atoms with Crippen molar-refractivity contribution in [2.24, 2.45) is 0 Å². The molecule has 1 aliphatic rings. The van der Waals surface area contributed by atoms with Crippen molar-refractivity contribution < 1.29 is 9.50 Å². The van der Waals surface area contributed by atoms with Crippen LogP contribution < -0.4 is 0 Å². The molecule has 2 aromatic rings. The molecular weight excluding hydrogens is 257 g/mol. The highest BCUT2D eigenvalue weighted by Crippen LogP contribution is 2.30. The van der Waals surface area contributed by atoms with Crippen LogP contribution in [-0.2, 0) is 6.54 Å². The third-order valence-corrected chi connectivity index (χ3v) is 3.68. The van der Waals surface area contributed by atoms with Gasteiger partial charge in [0.1, 0.15) is 5.82 Å². The van der Waals surface area contributed by atoms with Crippen LogP contribution in [0.15, 0.2) is 30.5 Å². The van der Waals surface area contributed by atoms with E-state index in [1.807, 2.05) is 6.07 Å². The zero-order valence-electron chi connectivity index (χ0n) is 11.2. The molecule has 3 rings (SSSR count). The smallest absolute Gasteiger partial charge is 0.132 e. The highest BCUT2D eigenvalue weighted by molar-refractivity contribution is 5.63. The molecule has 0 unspecified atom stereocenters. The van der Waals surface area contributed by atoms with E-state index in [0.29, 0.717) is 24.7 Å². The minimum atomic E-state index is -0.252. The molecule has 0 aliphatic heterocycles. The fourth-order valence-electron chi connectivity index (χ4n) is 2.51. The molecule has 5 heteroatoms. The normalized spacial score (nSPS) is 14.9. The minimum Gasteiger partial charge on any atom is -0.395 e. The van der Waals surface area contributed by atoms with Crippen molar-refractivity contribution in [3.05, 3.63) is 41.8 Å². The molecule has 106 valence electrons. The van der Waals surface area contributed by atoms with E-state index < -0.39 is 0 Å². The molecule has 0 radical (unpaired) electrons. The van der Waals surface area contributed by atoms with Gasteiger partial charge in [-0.05, 0) is 25.0 Å². The molecule has 0 amide bonds. The monoisotopic (exact) mass is 275 g/mol. The molecule has 1 heterocycles. The Morgan fingerprint density at radius 1 is 1.35 bits per heavy atom. The van der Waals surface area contributed by atoms with Gasteiger partial charge in [0, 0.05) is 30.3 Å². The summed E-state index contributed by atoms with van der Waals surface area (Å²) in [4.78, 5) is 2.23. The molecule has 1 saturated carbocycles. The third-order valence-electron chi connectivity index (χ3n) is 3.68. The number of aliphatic hydroxyl groups is 1. The summed E-state index contributed by atoms with van der Waals surface area (Å²) in [5.41, 5.74) is 2.24. The Bertz CT molecular complexity index is 580. The first-order chi connectivity index (χ1) is 9.79. The van der Waals surface area contributed by atoms with Crippen molar-refractivity contribution in [3.8, 4) is 11.3 Å². The molecule has 1 aromatic heterocycles. The summed E-state index contributed by atoms with van der Waals surface area (Å²) < 4.78 is 13.9. The summed E-state index contributed by atoms with van der Waals surface area (Å²) >= 11 is 0. The summed E-state index contributed by atoms with van der Waals surface area (Å²) in [6.07, 6.45) is 4.09. The van der Waals surface area contributed by atoms with Crippen LogP contribution in [0.3, 0.4) is 0 Å². The van der Waals surface area contributed by atoms with E-state index in [4.69, 9.17) is 5.11 Å². The van der Waals surface area contributed by atoms with Crippen molar-refractivity contribution >= 4 is 0 Å². The second-order valence-electron chi connectivity index (χ2n) is 5.18. The topological polar surface area (TPSA) is 52.1 Å². The van der Waals surface area contributed by atoms with Gasteiger partial charge in [-0.1, -0.05) is 12.1 Å². The van der Waals surface area contributed by atoms with Crippen LogP contribution in [0.4, 0.5) is 4.39 Å². The summed E-state index contributed by atoms with van der Waals surface area (Å²) in [6.45, 7) is 1.47. The highest BCUT2D eigenvalue weighted by Gasteiger charge is 2.29. The standard InChI is InChI=1S/C15H18FN3O/c16-14-4-2-1-3-13(14)15-11(9-17-18-15)10-19(7-8-20)12-5-6-12/h1-4,9,12,20H,5-8,10H2,(H,17,18). The van der Waals surface area contributed by atoms with Crippen LogP contribution in [0.25, 0.3) is 11.3 Å². The molecule has 0 atom stereocenters. The van der Waals surface area contributed by atoms with Gasteiger partial charge in [-0.2, -0.15) is 5.10 Å².